The highest BCUT2D eigenvalue weighted by Crippen LogP contribution is 2.51. The molecule has 0 radical (unpaired) electrons. The maximum absolute atomic E-state index is 12.3. The van der Waals surface area contributed by atoms with Gasteiger partial charge < -0.3 is 10.1 Å². The summed E-state index contributed by atoms with van der Waals surface area (Å²) in [4.78, 5) is 26.0. The van der Waals surface area contributed by atoms with Gasteiger partial charge in [-0.2, -0.15) is 10.2 Å². The van der Waals surface area contributed by atoms with E-state index in [1.54, 1.807) is 23.4 Å². The van der Waals surface area contributed by atoms with Crippen molar-refractivity contribution in [1.29, 1.82) is 0 Å². The highest BCUT2D eigenvalue weighted by molar-refractivity contribution is 5.94. The Labute approximate surface area is 121 Å². The molecule has 3 saturated heterocycles. The van der Waals surface area contributed by atoms with Crippen molar-refractivity contribution >= 4 is 12.0 Å². The van der Waals surface area contributed by atoms with Gasteiger partial charge in [0.05, 0.1) is 12.7 Å². The Bertz CT molecular complexity index is 639. The number of hydrogen-bond acceptors (Lipinski definition) is 5. The van der Waals surface area contributed by atoms with E-state index in [4.69, 9.17) is 4.74 Å². The normalized spacial score (nSPS) is 34.3. The smallest absolute Gasteiger partial charge is 0.411 e. The summed E-state index contributed by atoms with van der Waals surface area (Å²) in [7, 11) is 0. The van der Waals surface area contributed by atoms with Gasteiger partial charge in [0.25, 0.3) is 0 Å². The second-order valence-electron chi connectivity index (χ2n) is 5.77. The third kappa shape index (κ3) is 1.60. The Morgan fingerprint density at radius 2 is 2.19 bits per heavy atom. The average Bonchev–Trinajstić information content (AvgIpc) is 2.81. The van der Waals surface area contributed by atoms with Gasteiger partial charge in [-0.3, -0.25) is 9.69 Å². The highest BCUT2D eigenvalue weighted by Gasteiger charge is 2.62. The van der Waals surface area contributed by atoms with Gasteiger partial charge in [-0.15, -0.1) is 0 Å². The van der Waals surface area contributed by atoms with Gasteiger partial charge in [-0.05, 0) is 18.9 Å². The molecule has 7 heteroatoms. The van der Waals surface area contributed by atoms with Crippen molar-refractivity contribution in [3.05, 3.63) is 36.3 Å². The number of nitrogens with one attached hydrogen (secondary N) is 1. The standard InChI is InChI=1S/C14H14N4O3/c1-8-10-4-14(5-10,12(19)17-8)18-7-11(21-13(18)20)9-2-3-15-16-6-9/h2-3,6,10-11H,1,4-5,7H2,(H,17,19). The summed E-state index contributed by atoms with van der Waals surface area (Å²) in [6.45, 7) is 4.20. The van der Waals surface area contributed by atoms with Crippen LogP contribution in [0.3, 0.4) is 0 Å². The summed E-state index contributed by atoms with van der Waals surface area (Å²) in [5.41, 5.74) is 0.774. The zero-order valence-electron chi connectivity index (χ0n) is 11.3. The summed E-state index contributed by atoms with van der Waals surface area (Å²) in [6.07, 6.45) is 3.55. The first-order valence-corrected chi connectivity index (χ1v) is 6.85. The Hall–Kier alpha value is -2.44. The minimum absolute atomic E-state index is 0.152. The predicted molar refractivity (Wildman–Crippen MR) is 70.7 cm³/mol. The molecule has 1 aliphatic carbocycles. The van der Waals surface area contributed by atoms with Crippen LogP contribution in [0.4, 0.5) is 4.79 Å². The van der Waals surface area contributed by atoms with Crippen LogP contribution in [0.5, 0.6) is 0 Å². The molecule has 1 aromatic rings. The van der Waals surface area contributed by atoms with Crippen molar-refractivity contribution < 1.29 is 14.3 Å². The first-order valence-electron chi connectivity index (χ1n) is 6.85. The number of fused-ring (bicyclic) bond motifs is 2. The fourth-order valence-electron chi connectivity index (χ4n) is 3.37. The Morgan fingerprint density at radius 3 is 2.86 bits per heavy atom. The largest absolute Gasteiger partial charge is 0.439 e. The van der Waals surface area contributed by atoms with Crippen molar-refractivity contribution in [2.24, 2.45) is 5.92 Å². The number of ether oxygens (including phenoxy) is 1. The lowest BCUT2D eigenvalue weighted by molar-refractivity contribution is -0.143. The van der Waals surface area contributed by atoms with E-state index in [2.05, 4.69) is 22.1 Å². The minimum Gasteiger partial charge on any atom is -0.439 e. The molecule has 1 saturated carbocycles. The summed E-state index contributed by atoms with van der Waals surface area (Å²) in [6, 6.07) is 1.76. The molecule has 0 aromatic carbocycles. The Kier molecular flexibility index (Phi) is 2.36. The number of cyclic esters (lactones) is 1. The fourth-order valence-corrected chi connectivity index (χ4v) is 3.37. The van der Waals surface area contributed by atoms with Crippen LogP contribution in [0, 0.1) is 5.92 Å². The SMILES string of the molecule is C=C1NC(=O)C2(N3CC(c4ccnnc4)OC3=O)CC1C2. The van der Waals surface area contributed by atoms with Crippen LogP contribution in [0.2, 0.25) is 0 Å². The number of nitrogens with zero attached hydrogens (tertiary/aromatic N) is 3. The second kappa shape index (κ2) is 4.03. The van der Waals surface area contributed by atoms with Gasteiger partial charge in [0.1, 0.15) is 11.6 Å². The lowest BCUT2D eigenvalue weighted by Crippen LogP contribution is -2.70. The number of carbonyl (C=O) groups is 2. The summed E-state index contributed by atoms with van der Waals surface area (Å²) in [5, 5.41) is 10.3. The molecule has 1 aromatic heterocycles. The van der Waals surface area contributed by atoms with Crippen LogP contribution in [0.1, 0.15) is 24.5 Å². The molecule has 108 valence electrons. The summed E-state index contributed by atoms with van der Waals surface area (Å²) >= 11 is 0. The lowest BCUT2D eigenvalue weighted by Gasteiger charge is -2.54. The van der Waals surface area contributed by atoms with E-state index in [1.165, 1.54) is 0 Å². The van der Waals surface area contributed by atoms with Gasteiger partial charge in [-0.1, -0.05) is 6.58 Å². The van der Waals surface area contributed by atoms with Gasteiger partial charge in [0.15, 0.2) is 0 Å². The van der Waals surface area contributed by atoms with Crippen LogP contribution in [-0.4, -0.2) is 39.2 Å². The number of rotatable bonds is 2. The van der Waals surface area contributed by atoms with Crippen molar-refractivity contribution in [3.8, 4) is 0 Å². The first kappa shape index (κ1) is 12.3. The molecule has 2 bridgehead atoms. The minimum atomic E-state index is -0.766. The zero-order chi connectivity index (χ0) is 14.6. The quantitative estimate of drug-likeness (QED) is 0.867. The zero-order valence-corrected chi connectivity index (χ0v) is 11.3. The van der Waals surface area contributed by atoms with Gasteiger partial charge in [0, 0.05) is 23.4 Å². The molecule has 1 N–H and O–H groups in total. The molecule has 7 nitrogen and oxygen atoms in total. The molecule has 5 rings (SSSR count). The molecule has 21 heavy (non-hydrogen) atoms. The third-order valence-electron chi connectivity index (χ3n) is 4.67. The lowest BCUT2D eigenvalue weighted by atomic mass is 9.62. The monoisotopic (exact) mass is 286 g/mol. The number of amides is 2. The molecular weight excluding hydrogens is 272 g/mol. The Balaban J connectivity index is 1.59. The van der Waals surface area contributed by atoms with Gasteiger partial charge >= 0.3 is 6.09 Å². The van der Waals surface area contributed by atoms with Crippen molar-refractivity contribution in [1.82, 2.24) is 20.4 Å². The number of hydrogen-bond donors (Lipinski definition) is 1. The molecule has 1 unspecified atom stereocenters. The number of allylic oxidation sites excluding steroid dienone is 1. The van der Waals surface area contributed by atoms with E-state index in [9.17, 15) is 9.59 Å². The van der Waals surface area contributed by atoms with Crippen molar-refractivity contribution in [2.45, 2.75) is 24.5 Å². The molecule has 3 aliphatic heterocycles. The van der Waals surface area contributed by atoms with Crippen LogP contribution in [0.15, 0.2) is 30.7 Å². The number of aromatic nitrogens is 2. The molecule has 1 atom stereocenters. The number of piperidine rings is 2. The summed E-state index contributed by atoms with van der Waals surface area (Å²) in [5.74, 6) is 0.109. The van der Waals surface area contributed by atoms with E-state index in [0.29, 0.717) is 19.4 Å². The topological polar surface area (TPSA) is 84.4 Å². The van der Waals surface area contributed by atoms with Crippen molar-refractivity contribution in [3.63, 3.8) is 0 Å². The molecule has 4 aliphatic rings. The molecule has 2 amide bonds. The van der Waals surface area contributed by atoms with Gasteiger partial charge in [0.2, 0.25) is 5.91 Å². The van der Waals surface area contributed by atoms with Crippen LogP contribution in [0.25, 0.3) is 0 Å². The fraction of sp³-hybridized carbons (Fsp3) is 0.429. The van der Waals surface area contributed by atoms with Crippen LogP contribution in [-0.2, 0) is 9.53 Å². The molecular formula is C14H14N4O3. The molecule has 4 fully saturated rings. The van der Waals surface area contributed by atoms with Crippen LogP contribution >= 0.6 is 0 Å². The van der Waals surface area contributed by atoms with E-state index >= 15 is 0 Å². The molecule has 4 heterocycles. The predicted octanol–water partition coefficient (Wildman–Crippen LogP) is 0.762. The Morgan fingerprint density at radius 1 is 1.38 bits per heavy atom. The van der Waals surface area contributed by atoms with Crippen molar-refractivity contribution in [2.75, 3.05) is 6.54 Å². The number of carbonyl (C=O) groups excluding carboxylic acids is 2. The van der Waals surface area contributed by atoms with Crippen LogP contribution < -0.4 is 5.32 Å². The van der Waals surface area contributed by atoms with E-state index in [-0.39, 0.29) is 11.8 Å². The van der Waals surface area contributed by atoms with E-state index in [1.807, 2.05) is 0 Å². The van der Waals surface area contributed by atoms with E-state index in [0.717, 1.165) is 11.3 Å². The third-order valence-corrected chi connectivity index (χ3v) is 4.67. The van der Waals surface area contributed by atoms with Gasteiger partial charge in [-0.25, -0.2) is 4.79 Å². The first-order chi connectivity index (χ1) is 10.1. The maximum atomic E-state index is 12.3. The molecule has 0 spiro atoms. The maximum Gasteiger partial charge on any atom is 0.411 e. The average molecular weight is 286 g/mol. The highest BCUT2D eigenvalue weighted by atomic mass is 16.6. The summed E-state index contributed by atoms with van der Waals surface area (Å²) < 4.78 is 5.40. The van der Waals surface area contributed by atoms with E-state index < -0.39 is 17.7 Å². The second-order valence-corrected chi connectivity index (χ2v) is 5.77.